The normalized spacial score (nSPS) is 11.7. The number of carboxylic acids is 1. The third-order valence-corrected chi connectivity index (χ3v) is 2.52. The van der Waals surface area contributed by atoms with Gasteiger partial charge in [0.05, 0.1) is 20.1 Å². The lowest BCUT2D eigenvalue weighted by Crippen LogP contribution is -2.36. The molecule has 0 saturated heterocycles. The van der Waals surface area contributed by atoms with Gasteiger partial charge in [-0.05, 0) is 24.6 Å². The van der Waals surface area contributed by atoms with Gasteiger partial charge in [-0.2, -0.15) is 0 Å². The van der Waals surface area contributed by atoms with Gasteiger partial charge >= 0.3 is 5.97 Å². The van der Waals surface area contributed by atoms with E-state index >= 15 is 0 Å². The maximum atomic E-state index is 11.5. The molecule has 2 N–H and O–H groups in total. The first-order chi connectivity index (χ1) is 9.51. The second kappa shape index (κ2) is 8.16. The van der Waals surface area contributed by atoms with Crippen molar-refractivity contribution in [1.29, 1.82) is 0 Å². The molecule has 1 aromatic carbocycles. The van der Waals surface area contributed by atoms with Crippen LogP contribution >= 0.6 is 0 Å². The Morgan fingerprint density at radius 2 is 2.15 bits per heavy atom. The summed E-state index contributed by atoms with van der Waals surface area (Å²) >= 11 is 0. The molecule has 0 aliphatic carbocycles. The fraction of sp³-hybridized carbons (Fsp3) is 0.429. The molecule has 110 valence electrons. The molecule has 1 amide bonds. The summed E-state index contributed by atoms with van der Waals surface area (Å²) in [5, 5.41) is 11.1. The van der Waals surface area contributed by atoms with Crippen LogP contribution in [0.15, 0.2) is 24.3 Å². The van der Waals surface area contributed by atoms with Crippen molar-refractivity contribution in [3.05, 3.63) is 29.8 Å². The Balaban J connectivity index is 2.29. The average Bonchev–Trinajstić information content (AvgIpc) is 2.37. The molecule has 0 spiro atoms. The summed E-state index contributed by atoms with van der Waals surface area (Å²) in [7, 11) is 1.58. The van der Waals surface area contributed by atoms with Crippen molar-refractivity contribution in [2.75, 3.05) is 13.7 Å². The van der Waals surface area contributed by atoms with Gasteiger partial charge in [-0.25, -0.2) is 0 Å². The molecule has 1 unspecified atom stereocenters. The molecule has 6 nitrogen and oxygen atoms in total. The van der Waals surface area contributed by atoms with E-state index < -0.39 is 12.0 Å². The van der Waals surface area contributed by atoms with Crippen LogP contribution in [0.25, 0.3) is 0 Å². The van der Waals surface area contributed by atoms with E-state index in [9.17, 15) is 9.59 Å². The van der Waals surface area contributed by atoms with Crippen LogP contribution in [-0.4, -0.2) is 36.7 Å². The molecule has 0 saturated carbocycles. The number of nitrogens with one attached hydrogen (secondary N) is 1. The Labute approximate surface area is 117 Å². The highest BCUT2D eigenvalue weighted by molar-refractivity contribution is 5.78. The summed E-state index contributed by atoms with van der Waals surface area (Å²) in [4.78, 5) is 22.0. The van der Waals surface area contributed by atoms with Crippen molar-refractivity contribution in [2.24, 2.45) is 0 Å². The number of carboxylic acid groups (broad SMARTS) is 1. The van der Waals surface area contributed by atoms with Crippen LogP contribution in [0.3, 0.4) is 0 Å². The lowest BCUT2D eigenvalue weighted by atomic mass is 10.2. The molecular weight excluding hydrogens is 262 g/mol. The highest BCUT2D eigenvalue weighted by Crippen LogP contribution is 2.13. The minimum absolute atomic E-state index is 0.109. The first kappa shape index (κ1) is 16.0. The number of aliphatic carboxylic acids is 1. The number of carbonyl (C=O) groups excluding carboxylic acids is 1. The quantitative estimate of drug-likeness (QED) is 0.747. The number of methoxy groups -OCH3 is 1. The van der Waals surface area contributed by atoms with Crippen molar-refractivity contribution >= 4 is 11.9 Å². The Morgan fingerprint density at radius 1 is 1.40 bits per heavy atom. The molecule has 0 radical (unpaired) electrons. The van der Waals surface area contributed by atoms with Crippen LogP contribution in [0.5, 0.6) is 5.75 Å². The number of carbonyl (C=O) groups is 2. The minimum atomic E-state index is -0.949. The average molecular weight is 281 g/mol. The van der Waals surface area contributed by atoms with Crippen LogP contribution in [0.1, 0.15) is 18.9 Å². The van der Waals surface area contributed by atoms with Gasteiger partial charge in [-0.3, -0.25) is 9.59 Å². The molecule has 0 aromatic heterocycles. The lowest BCUT2D eigenvalue weighted by molar-refractivity contribution is -0.137. The maximum Gasteiger partial charge on any atom is 0.305 e. The van der Waals surface area contributed by atoms with Crippen LogP contribution in [-0.2, 0) is 20.9 Å². The highest BCUT2D eigenvalue weighted by atomic mass is 16.5. The summed E-state index contributed by atoms with van der Waals surface area (Å²) in [6.45, 7) is 1.81. The standard InChI is InChI=1S/C14H19NO5/c1-10(6-14(17)18)15-13(16)9-20-8-11-4-3-5-12(7-11)19-2/h3-5,7,10H,6,8-9H2,1-2H3,(H,15,16)(H,17,18). The number of hydrogen-bond donors (Lipinski definition) is 2. The summed E-state index contributed by atoms with van der Waals surface area (Å²) in [5.41, 5.74) is 0.899. The Kier molecular flexibility index (Phi) is 6.52. The van der Waals surface area contributed by atoms with Gasteiger partial charge < -0.3 is 19.9 Å². The van der Waals surface area contributed by atoms with Gasteiger partial charge in [0.2, 0.25) is 5.91 Å². The number of benzene rings is 1. The third kappa shape index (κ3) is 6.19. The Hall–Kier alpha value is -2.08. The molecule has 0 aliphatic heterocycles. The summed E-state index contributed by atoms with van der Waals surface area (Å²) in [6.07, 6.45) is -0.109. The summed E-state index contributed by atoms with van der Waals surface area (Å²) in [5.74, 6) is -0.553. The molecular formula is C14H19NO5. The molecule has 1 atom stereocenters. The van der Waals surface area contributed by atoms with Crippen LogP contribution in [0, 0.1) is 0 Å². The van der Waals surface area contributed by atoms with Gasteiger partial charge in [0.1, 0.15) is 12.4 Å². The predicted octanol–water partition coefficient (Wildman–Crippen LogP) is 1.19. The number of rotatable bonds is 8. The molecule has 0 heterocycles. The zero-order valence-electron chi connectivity index (χ0n) is 11.6. The van der Waals surface area contributed by atoms with E-state index in [-0.39, 0.29) is 25.5 Å². The van der Waals surface area contributed by atoms with Crippen LogP contribution in [0.2, 0.25) is 0 Å². The molecule has 0 fully saturated rings. The Morgan fingerprint density at radius 3 is 2.80 bits per heavy atom. The van der Waals surface area contributed by atoms with E-state index in [2.05, 4.69) is 5.32 Å². The highest BCUT2D eigenvalue weighted by Gasteiger charge is 2.10. The fourth-order valence-corrected chi connectivity index (χ4v) is 1.65. The second-order valence-electron chi connectivity index (χ2n) is 4.41. The molecule has 0 bridgehead atoms. The van der Waals surface area contributed by atoms with E-state index in [0.717, 1.165) is 11.3 Å². The van der Waals surface area contributed by atoms with Crippen LogP contribution < -0.4 is 10.1 Å². The van der Waals surface area contributed by atoms with Crippen molar-refractivity contribution in [2.45, 2.75) is 26.0 Å². The van der Waals surface area contributed by atoms with Crippen molar-refractivity contribution in [3.63, 3.8) is 0 Å². The third-order valence-electron chi connectivity index (χ3n) is 2.52. The smallest absolute Gasteiger partial charge is 0.305 e. The van der Waals surface area contributed by atoms with Gasteiger partial charge in [-0.15, -0.1) is 0 Å². The van der Waals surface area contributed by atoms with E-state index in [1.54, 1.807) is 14.0 Å². The minimum Gasteiger partial charge on any atom is -0.497 e. The number of hydrogen-bond acceptors (Lipinski definition) is 4. The summed E-state index contributed by atoms with van der Waals surface area (Å²) in [6, 6.07) is 6.94. The maximum absolute atomic E-state index is 11.5. The lowest BCUT2D eigenvalue weighted by Gasteiger charge is -2.11. The monoisotopic (exact) mass is 281 g/mol. The fourth-order valence-electron chi connectivity index (χ4n) is 1.65. The molecule has 20 heavy (non-hydrogen) atoms. The van der Waals surface area contributed by atoms with E-state index in [1.807, 2.05) is 24.3 Å². The zero-order valence-corrected chi connectivity index (χ0v) is 11.6. The van der Waals surface area contributed by atoms with Crippen molar-refractivity contribution < 1.29 is 24.2 Å². The largest absolute Gasteiger partial charge is 0.497 e. The zero-order chi connectivity index (χ0) is 15.0. The summed E-state index contributed by atoms with van der Waals surface area (Å²) < 4.78 is 10.4. The Bertz CT molecular complexity index is 461. The molecule has 1 aromatic rings. The van der Waals surface area contributed by atoms with E-state index in [1.165, 1.54) is 0 Å². The van der Waals surface area contributed by atoms with Crippen LogP contribution in [0.4, 0.5) is 0 Å². The molecule has 0 aliphatic rings. The first-order valence-corrected chi connectivity index (χ1v) is 6.23. The predicted molar refractivity (Wildman–Crippen MR) is 72.5 cm³/mol. The topological polar surface area (TPSA) is 84.9 Å². The van der Waals surface area contributed by atoms with Crippen molar-refractivity contribution in [1.82, 2.24) is 5.32 Å². The molecule has 1 rings (SSSR count). The van der Waals surface area contributed by atoms with E-state index in [4.69, 9.17) is 14.6 Å². The van der Waals surface area contributed by atoms with Gasteiger partial charge in [0, 0.05) is 6.04 Å². The number of ether oxygens (including phenoxy) is 2. The van der Waals surface area contributed by atoms with Gasteiger partial charge in [0.15, 0.2) is 0 Å². The first-order valence-electron chi connectivity index (χ1n) is 6.23. The van der Waals surface area contributed by atoms with E-state index in [0.29, 0.717) is 0 Å². The molecule has 6 heteroatoms. The van der Waals surface area contributed by atoms with Gasteiger partial charge in [0.25, 0.3) is 0 Å². The number of amides is 1. The van der Waals surface area contributed by atoms with Gasteiger partial charge in [-0.1, -0.05) is 12.1 Å². The van der Waals surface area contributed by atoms with Crippen molar-refractivity contribution in [3.8, 4) is 5.75 Å². The SMILES string of the molecule is COc1cccc(COCC(=O)NC(C)CC(=O)O)c1. The second-order valence-corrected chi connectivity index (χ2v) is 4.41.